The van der Waals surface area contributed by atoms with Gasteiger partial charge in [-0.1, -0.05) is 49.6 Å². The smallest absolute Gasteiger partial charge is 0.154 e. The summed E-state index contributed by atoms with van der Waals surface area (Å²) in [7, 11) is 0. The maximum Gasteiger partial charge on any atom is 0.154 e. The Morgan fingerprint density at radius 3 is 2.33 bits per heavy atom. The number of nitriles is 1. The second-order valence-corrected chi connectivity index (χ2v) is 5.18. The minimum Gasteiger partial charge on any atom is -0.298 e. The minimum absolute atomic E-state index is 0.0110. The number of nitrogens with zero attached hydrogens (tertiary/aromatic N) is 1. The lowest BCUT2D eigenvalue weighted by atomic mass is 9.64. The second-order valence-electron chi connectivity index (χ2n) is 5.18. The van der Waals surface area contributed by atoms with Crippen LogP contribution in [-0.4, -0.2) is 5.78 Å². The topological polar surface area (TPSA) is 40.9 Å². The Morgan fingerprint density at radius 1 is 1.22 bits per heavy atom. The highest BCUT2D eigenvalue weighted by atomic mass is 16.1. The standard InChI is InChI=1S/C16H19NO/c1-13(18)16(12-17,14-8-4-2-5-9-14)15-10-6-3-7-11-15/h2,4-5,8-9,15H,3,6-7,10-11H2,1H3. The van der Waals surface area contributed by atoms with Crippen LogP contribution in [0.5, 0.6) is 0 Å². The molecule has 1 aromatic rings. The first-order chi connectivity index (χ1) is 8.71. The fraction of sp³-hybridized carbons (Fsp3) is 0.500. The molecule has 1 aliphatic rings. The van der Waals surface area contributed by atoms with Crippen LogP contribution in [0.2, 0.25) is 0 Å². The molecule has 0 heterocycles. The van der Waals surface area contributed by atoms with Crippen molar-refractivity contribution in [1.29, 1.82) is 5.26 Å². The molecule has 0 amide bonds. The number of hydrogen-bond donors (Lipinski definition) is 0. The lowest BCUT2D eigenvalue weighted by Gasteiger charge is -2.35. The SMILES string of the molecule is CC(=O)C(C#N)(c1ccccc1)C1CCCCC1. The van der Waals surface area contributed by atoms with E-state index < -0.39 is 5.41 Å². The molecule has 18 heavy (non-hydrogen) atoms. The molecule has 0 N–H and O–H groups in total. The van der Waals surface area contributed by atoms with Crippen molar-refractivity contribution in [3.63, 3.8) is 0 Å². The lowest BCUT2D eigenvalue weighted by molar-refractivity contribution is -0.122. The Kier molecular flexibility index (Phi) is 3.81. The Bertz CT molecular complexity index is 454. The first-order valence-corrected chi connectivity index (χ1v) is 6.69. The molecule has 0 aromatic heterocycles. The average Bonchev–Trinajstić information content (AvgIpc) is 2.42. The van der Waals surface area contributed by atoms with Crippen LogP contribution >= 0.6 is 0 Å². The van der Waals surface area contributed by atoms with E-state index in [9.17, 15) is 10.1 Å². The molecule has 1 aliphatic carbocycles. The summed E-state index contributed by atoms with van der Waals surface area (Å²) in [6.07, 6.45) is 5.47. The van der Waals surface area contributed by atoms with Gasteiger partial charge in [0.05, 0.1) is 6.07 Å². The van der Waals surface area contributed by atoms with E-state index in [4.69, 9.17) is 0 Å². The highest BCUT2D eigenvalue weighted by molar-refractivity contribution is 5.91. The van der Waals surface area contributed by atoms with Crippen LogP contribution in [0.25, 0.3) is 0 Å². The molecule has 0 aliphatic heterocycles. The van der Waals surface area contributed by atoms with Crippen molar-refractivity contribution in [1.82, 2.24) is 0 Å². The normalized spacial score (nSPS) is 19.8. The van der Waals surface area contributed by atoms with Crippen molar-refractivity contribution in [3.05, 3.63) is 35.9 Å². The Morgan fingerprint density at radius 2 is 1.83 bits per heavy atom. The van der Waals surface area contributed by atoms with E-state index in [0.29, 0.717) is 0 Å². The van der Waals surface area contributed by atoms with Crippen molar-refractivity contribution in [2.75, 3.05) is 0 Å². The number of carbonyl (C=O) groups excluding carboxylic acids is 1. The number of hydrogen-bond acceptors (Lipinski definition) is 2. The lowest BCUT2D eigenvalue weighted by Crippen LogP contribution is -2.41. The first-order valence-electron chi connectivity index (χ1n) is 6.69. The van der Waals surface area contributed by atoms with E-state index in [2.05, 4.69) is 6.07 Å². The molecule has 1 aromatic carbocycles. The van der Waals surface area contributed by atoms with Crippen molar-refractivity contribution >= 4 is 5.78 Å². The molecule has 1 atom stereocenters. The summed E-state index contributed by atoms with van der Waals surface area (Å²) < 4.78 is 0. The molecule has 1 fully saturated rings. The predicted molar refractivity (Wildman–Crippen MR) is 71.0 cm³/mol. The quantitative estimate of drug-likeness (QED) is 0.811. The molecule has 94 valence electrons. The van der Waals surface area contributed by atoms with Gasteiger partial charge in [0.2, 0.25) is 0 Å². The summed E-state index contributed by atoms with van der Waals surface area (Å²) in [6, 6.07) is 11.9. The number of carbonyl (C=O) groups is 1. The molecule has 1 unspecified atom stereocenters. The van der Waals surface area contributed by atoms with Gasteiger partial charge in [-0.25, -0.2) is 0 Å². The van der Waals surface area contributed by atoms with Crippen LogP contribution in [-0.2, 0) is 10.2 Å². The molecule has 2 nitrogen and oxygen atoms in total. The summed E-state index contributed by atoms with van der Waals surface area (Å²) >= 11 is 0. The van der Waals surface area contributed by atoms with E-state index in [1.54, 1.807) is 6.92 Å². The number of benzene rings is 1. The predicted octanol–water partition coefficient (Wildman–Crippen LogP) is 3.62. The zero-order valence-corrected chi connectivity index (χ0v) is 10.9. The van der Waals surface area contributed by atoms with Crippen molar-refractivity contribution in [3.8, 4) is 6.07 Å². The zero-order chi connectivity index (χ0) is 13.0. The monoisotopic (exact) mass is 241 g/mol. The van der Waals surface area contributed by atoms with E-state index in [1.165, 1.54) is 6.42 Å². The second kappa shape index (κ2) is 5.35. The Hall–Kier alpha value is -1.62. The molecular weight excluding hydrogens is 222 g/mol. The summed E-state index contributed by atoms with van der Waals surface area (Å²) in [6.45, 7) is 1.56. The summed E-state index contributed by atoms with van der Waals surface area (Å²) in [4.78, 5) is 12.2. The molecule has 0 radical (unpaired) electrons. The van der Waals surface area contributed by atoms with Crippen LogP contribution in [0, 0.1) is 17.2 Å². The van der Waals surface area contributed by atoms with E-state index in [1.807, 2.05) is 30.3 Å². The fourth-order valence-corrected chi connectivity index (χ4v) is 3.20. The number of rotatable bonds is 3. The molecule has 0 saturated heterocycles. The van der Waals surface area contributed by atoms with E-state index in [0.717, 1.165) is 31.2 Å². The van der Waals surface area contributed by atoms with Crippen molar-refractivity contribution in [2.24, 2.45) is 5.92 Å². The van der Waals surface area contributed by atoms with Gasteiger partial charge in [-0.3, -0.25) is 4.79 Å². The number of ketones is 1. The van der Waals surface area contributed by atoms with Gasteiger partial charge < -0.3 is 0 Å². The fourth-order valence-electron chi connectivity index (χ4n) is 3.20. The molecule has 0 bridgehead atoms. The van der Waals surface area contributed by atoms with Crippen LogP contribution in [0.4, 0.5) is 0 Å². The maximum atomic E-state index is 12.2. The summed E-state index contributed by atoms with van der Waals surface area (Å²) in [5.74, 6) is 0.166. The molecule has 0 spiro atoms. The van der Waals surface area contributed by atoms with Crippen molar-refractivity contribution < 1.29 is 4.79 Å². The highest BCUT2D eigenvalue weighted by Crippen LogP contribution is 2.41. The summed E-state index contributed by atoms with van der Waals surface area (Å²) in [5.41, 5.74) is -0.0614. The van der Waals surface area contributed by atoms with Crippen LogP contribution < -0.4 is 0 Å². The first kappa shape index (κ1) is 12.8. The Balaban J connectivity index is 2.46. The van der Waals surface area contributed by atoms with Crippen molar-refractivity contribution in [2.45, 2.75) is 44.4 Å². The average molecular weight is 241 g/mol. The van der Waals surface area contributed by atoms with Gasteiger partial charge in [-0.2, -0.15) is 5.26 Å². The van der Waals surface area contributed by atoms with Gasteiger partial charge in [-0.15, -0.1) is 0 Å². The third kappa shape index (κ3) is 2.06. The highest BCUT2D eigenvalue weighted by Gasteiger charge is 2.45. The van der Waals surface area contributed by atoms with E-state index >= 15 is 0 Å². The molecule has 2 rings (SSSR count). The van der Waals surface area contributed by atoms with Crippen LogP contribution in [0.3, 0.4) is 0 Å². The van der Waals surface area contributed by atoms with Gasteiger partial charge in [0.15, 0.2) is 5.78 Å². The van der Waals surface area contributed by atoms with Gasteiger partial charge in [0.25, 0.3) is 0 Å². The minimum atomic E-state index is -0.929. The van der Waals surface area contributed by atoms with Gasteiger partial charge >= 0.3 is 0 Å². The summed E-state index contributed by atoms with van der Waals surface area (Å²) in [5, 5.41) is 9.68. The van der Waals surface area contributed by atoms with Crippen LogP contribution in [0.1, 0.15) is 44.6 Å². The van der Waals surface area contributed by atoms with E-state index in [-0.39, 0.29) is 11.7 Å². The Labute approximate surface area is 109 Å². The van der Waals surface area contributed by atoms with Gasteiger partial charge in [-0.05, 0) is 31.2 Å². The van der Waals surface area contributed by atoms with Gasteiger partial charge in [0, 0.05) is 0 Å². The molecular formula is C16H19NO. The number of Topliss-reactive ketones (excluding diaryl/α,β-unsaturated/α-hetero) is 1. The maximum absolute atomic E-state index is 12.2. The third-order valence-electron chi connectivity index (χ3n) is 4.18. The van der Waals surface area contributed by atoms with Crippen LogP contribution in [0.15, 0.2) is 30.3 Å². The van der Waals surface area contributed by atoms with Gasteiger partial charge in [0.1, 0.15) is 5.41 Å². The third-order valence-corrected chi connectivity index (χ3v) is 4.18. The largest absolute Gasteiger partial charge is 0.298 e. The molecule has 1 saturated carbocycles. The zero-order valence-electron chi connectivity index (χ0n) is 10.9. The molecule has 2 heteroatoms.